The number of benzene rings is 2. The second kappa shape index (κ2) is 6.16. The number of rotatable bonds is 3. The average Bonchev–Trinajstić information content (AvgIpc) is 2.98. The van der Waals surface area contributed by atoms with Gasteiger partial charge in [-0.2, -0.15) is 10.4 Å². The third-order valence-electron chi connectivity index (χ3n) is 3.31. The molecule has 0 saturated heterocycles. The number of aryl methyl sites for hydroxylation is 1. The van der Waals surface area contributed by atoms with E-state index in [1.165, 1.54) is 0 Å². The van der Waals surface area contributed by atoms with Crippen molar-refractivity contribution in [1.82, 2.24) is 9.78 Å². The van der Waals surface area contributed by atoms with Crippen molar-refractivity contribution in [2.24, 2.45) is 0 Å². The highest BCUT2D eigenvalue weighted by molar-refractivity contribution is 6.03. The summed E-state index contributed by atoms with van der Waals surface area (Å²) < 4.78 is 1.61. The normalized spacial score (nSPS) is 10.1. The van der Waals surface area contributed by atoms with Gasteiger partial charge in [-0.15, -0.1) is 0 Å². The lowest BCUT2D eigenvalue weighted by Crippen LogP contribution is -2.17. The number of nitrogens with zero attached hydrogens (tertiary/aromatic N) is 3. The van der Waals surface area contributed by atoms with Crippen LogP contribution in [0.2, 0.25) is 0 Å². The van der Waals surface area contributed by atoms with Gasteiger partial charge in [0.25, 0.3) is 5.91 Å². The first-order valence-corrected chi connectivity index (χ1v) is 7.11. The highest BCUT2D eigenvalue weighted by Gasteiger charge is 2.15. The van der Waals surface area contributed by atoms with Gasteiger partial charge in [-0.3, -0.25) is 4.79 Å². The summed E-state index contributed by atoms with van der Waals surface area (Å²) in [5.74, 6) is -0.274. The number of carbonyl (C=O) groups excluding carboxylic acids is 1. The molecule has 0 aliphatic carbocycles. The Kier molecular flexibility index (Phi) is 3.89. The number of anilines is 1. The number of carbonyl (C=O) groups is 1. The molecule has 5 heteroatoms. The number of para-hydroxylation sites is 1. The molecule has 1 N–H and O–H groups in total. The molecule has 2 aromatic carbocycles. The van der Waals surface area contributed by atoms with Crippen LogP contribution in [0.3, 0.4) is 0 Å². The molecule has 3 rings (SSSR count). The summed E-state index contributed by atoms with van der Waals surface area (Å²) >= 11 is 0. The summed E-state index contributed by atoms with van der Waals surface area (Å²) in [6.45, 7) is 1.84. The fourth-order valence-corrected chi connectivity index (χ4v) is 2.29. The van der Waals surface area contributed by atoms with Crippen LogP contribution in [0.1, 0.15) is 21.7 Å². The van der Waals surface area contributed by atoms with Crippen molar-refractivity contribution < 1.29 is 4.79 Å². The van der Waals surface area contributed by atoms with Crippen molar-refractivity contribution in [2.75, 3.05) is 5.32 Å². The monoisotopic (exact) mass is 302 g/mol. The summed E-state index contributed by atoms with van der Waals surface area (Å²) in [6, 6.07) is 20.1. The Balaban J connectivity index is 1.93. The molecule has 0 aliphatic rings. The smallest absolute Gasteiger partial charge is 0.274 e. The molecule has 0 aliphatic heterocycles. The van der Waals surface area contributed by atoms with E-state index in [-0.39, 0.29) is 5.91 Å². The van der Waals surface area contributed by atoms with Crippen LogP contribution in [0.25, 0.3) is 5.69 Å². The van der Waals surface area contributed by atoms with Crippen molar-refractivity contribution in [3.63, 3.8) is 0 Å². The van der Waals surface area contributed by atoms with Crippen LogP contribution in [0.5, 0.6) is 0 Å². The number of aromatic nitrogens is 2. The van der Waals surface area contributed by atoms with Gasteiger partial charge < -0.3 is 5.32 Å². The first kappa shape index (κ1) is 14.5. The average molecular weight is 302 g/mol. The third kappa shape index (κ3) is 3.11. The van der Waals surface area contributed by atoms with E-state index in [1.54, 1.807) is 35.0 Å². The second-order valence-electron chi connectivity index (χ2n) is 5.07. The van der Waals surface area contributed by atoms with Crippen LogP contribution < -0.4 is 5.32 Å². The maximum Gasteiger partial charge on any atom is 0.274 e. The van der Waals surface area contributed by atoms with E-state index < -0.39 is 0 Å². The Labute approximate surface area is 133 Å². The molecule has 112 valence electrons. The van der Waals surface area contributed by atoms with Crippen molar-refractivity contribution in [3.05, 3.63) is 77.6 Å². The van der Waals surface area contributed by atoms with Crippen molar-refractivity contribution in [1.29, 1.82) is 5.26 Å². The fraction of sp³-hybridized carbons (Fsp3) is 0.0556. The van der Waals surface area contributed by atoms with E-state index in [0.29, 0.717) is 16.9 Å². The van der Waals surface area contributed by atoms with Crippen LogP contribution in [0, 0.1) is 18.3 Å². The number of nitriles is 1. The van der Waals surface area contributed by atoms with E-state index in [9.17, 15) is 4.79 Å². The molecule has 0 unspecified atom stereocenters. The van der Waals surface area contributed by atoms with E-state index in [2.05, 4.69) is 16.5 Å². The summed E-state index contributed by atoms with van der Waals surface area (Å²) in [6.07, 6.45) is 0. The third-order valence-corrected chi connectivity index (χ3v) is 3.31. The van der Waals surface area contributed by atoms with Gasteiger partial charge in [-0.1, -0.05) is 24.3 Å². The molecule has 5 nitrogen and oxygen atoms in total. The molecule has 0 fully saturated rings. The standard InChI is InChI=1S/C18H14N4O/c1-13-10-17(22(21-13)16-8-3-2-4-9-16)18(23)20-15-7-5-6-14(11-15)12-19/h2-11H,1H3,(H,20,23). The number of nitrogens with one attached hydrogen (secondary N) is 1. The number of amides is 1. The van der Waals surface area contributed by atoms with Crippen molar-refractivity contribution >= 4 is 11.6 Å². The number of hydrogen-bond acceptors (Lipinski definition) is 3. The highest BCUT2D eigenvalue weighted by Crippen LogP contribution is 2.15. The lowest BCUT2D eigenvalue weighted by molar-refractivity contribution is 0.101. The molecule has 1 heterocycles. The Morgan fingerprint density at radius 2 is 1.91 bits per heavy atom. The predicted octanol–water partition coefficient (Wildman–Crippen LogP) is 3.30. The van der Waals surface area contributed by atoms with Crippen LogP contribution >= 0.6 is 0 Å². The van der Waals surface area contributed by atoms with Gasteiger partial charge in [0.15, 0.2) is 0 Å². The Hall–Kier alpha value is -3.39. The lowest BCUT2D eigenvalue weighted by atomic mass is 10.2. The van der Waals surface area contributed by atoms with Gasteiger partial charge in [0.1, 0.15) is 5.69 Å². The molecule has 3 aromatic rings. The van der Waals surface area contributed by atoms with E-state index in [0.717, 1.165) is 11.4 Å². The highest BCUT2D eigenvalue weighted by atomic mass is 16.2. The molecular weight excluding hydrogens is 288 g/mol. The maximum absolute atomic E-state index is 12.6. The van der Waals surface area contributed by atoms with Crippen molar-refractivity contribution in [2.45, 2.75) is 6.92 Å². The van der Waals surface area contributed by atoms with E-state index in [4.69, 9.17) is 5.26 Å². The topological polar surface area (TPSA) is 70.7 Å². The largest absolute Gasteiger partial charge is 0.321 e. The fourth-order valence-electron chi connectivity index (χ4n) is 2.29. The SMILES string of the molecule is Cc1cc(C(=O)Nc2cccc(C#N)c2)n(-c2ccccc2)n1. The summed E-state index contributed by atoms with van der Waals surface area (Å²) in [7, 11) is 0. The minimum Gasteiger partial charge on any atom is -0.321 e. The van der Waals surface area contributed by atoms with Gasteiger partial charge in [0, 0.05) is 5.69 Å². The number of hydrogen-bond donors (Lipinski definition) is 1. The van der Waals surface area contributed by atoms with Crippen LogP contribution in [0.4, 0.5) is 5.69 Å². The molecule has 0 bridgehead atoms. The summed E-state index contributed by atoms with van der Waals surface area (Å²) in [5.41, 5.74) is 3.08. The van der Waals surface area contributed by atoms with Gasteiger partial charge in [-0.05, 0) is 43.3 Å². The Morgan fingerprint density at radius 3 is 2.65 bits per heavy atom. The zero-order valence-electron chi connectivity index (χ0n) is 12.5. The van der Waals surface area contributed by atoms with Gasteiger partial charge in [-0.25, -0.2) is 4.68 Å². The van der Waals surface area contributed by atoms with E-state index >= 15 is 0 Å². The Morgan fingerprint density at radius 1 is 1.13 bits per heavy atom. The van der Waals surface area contributed by atoms with Crippen LogP contribution in [-0.2, 0) is 0 Å². The van der Waals surface area contributed by atoms with Crippen LogP contribution in [-0.4, -0.2) is 15.7 Å². The quantitative estimate of drug-likeness (QED) is 0.807. The Bertz CT molecular complexity index is 891. The zero-order valence-corrected chi connectivity index (χ0v) is 12.5. The zero-order chi connectivity index (χ0) is 16.2. The molecule has 1 amide bonds. The predicted molar refractivity (Wildman–Crippen MR) is 87.4 cm³/mol. The molecule has 0 radical (unpaired) electrons. The van der Waals surface area contributed by atoms with Crippen molar-refractivity contribution in [3.8, 4) is 11.8 Å². The first-order chi connectivity index (χ1) is 11.2. The van der Waals surface area contributed by atoms with Gasteiger partial charge in [0.2, 0.25) is 0 Å². The second-order valence-corrected chi connectivity index (χ2v) is 5.07. The minimum absolute atomic E-state index is 0.274. The first-order valence-electron chi connectivity index (χ1n) is 7.11. The van der Waals surface area contributed by atoms with Crippen LogP contribution in [0.15, 0.2) is 60.7 Å². The lowest BCUT2D eigenvalue weighted by Gasteiger charge is -2.08. The molecule has 0 atom stereocenters. The van der Waals surface area contributed by atoms with Gasteiger partial charge >= 0.3 is 0 Å². The van der Waals surface area contributed by atoms with Gasteiger partial charge in [0.05, 0.1) is 23.0 Å². The minimum atomic E-state index is -0.274. The summed E-state index contributed by atoms with van der Waals surface area (Å²) in [5, 5.41) is 16.1. The maximum atomic E-state index is 12.6. The molecule has 0 saturated carbocycles. The summed E-state index contributed by atoms with van der Waals surface area (Å²) in [4.78, 5) is 12.6. The molecule has 0 spiro atoms. The molecule has 23 heavy (non-hydrogen) atoms. The molecule has 1 aromatic heterocycles. The van der Waals surface area contributed by atoms with E-state index in [1.807, 2.05) is 37.3 Å². The molecular formula is C18H14N4O.